The normalized spacial score (nSPS) is 23.4. The molecule has 0 bridgehead atoms. The molecule has 1 atom stereocenters. The molecule has 2 aromatic rings. The Morgan fingerprint density at radius 2 is 1.91 bits per heavy atom. The van der Waals surface area contributed by atoms with E-state index in [1.54, 1.807) is 6.07 Å². The fourth-order valence-corrected chi connectivity index (χ4v) is 5.11. The molecular formula is C17H17FN2O2S. The third-order valence-corrected chi connectivity index (χ3v) is 6.35. The Hall–Kier alpha value is -1.76. The van der Waals surface area contributed by atoms with Crippen molar-refractivity contribution in [1.82, 2.24) is 9.21 Å². The number of hydrogen-bond acceptors (Lipinski definition) is 3. The number of fused-ring (bicyclic) bond motifs is 3. The lowest BCUT2D eigenvalue weighted by molar-refractivity contribution is 0.137. The van der Waals surface area contributed by atoms with E-state index in [9.17, 15) is 12.8 Å². The molecule has 0 spiro atoms. The van der Waals surface area contributed by atoms with Gasteiger partial charge in [0.1, 0.15) is 5.82 Å². The minimum atomic E-state index is -3.33. The van der Waals surface area contributed by atoms with Gasteiger partial charge in [-0.25, -0.2) is 12.8 Å². The summed E-state index contributed by atoms with van der Waals surface area (Å²) in [5.74, 6) is -0.217. The molecule has 2 heterocycles. The quantitative estimate of drug-likeness (QED) is 0.848. The summed E-state index contributed by atoms with van der Waals surface area (Å²) in [5.41, 5.74) is 2.80. The lowest BCUT2D eigenvalue weighted by atomic mass is 10.1. The molecule has 6 heteroatoms. The zero-order chi connectivity index (χ0) is 16.0. The van der Waals surface area contributed by atoms with Gasteiger partial charge in [-0.1, -0.05) is 36.4 Å². The van der Waals surface area contributed by atoms with Crippen molar-refractivity contribution in [3.8, 4) is 0 Å². The monoisotopic (exact) mass is 332 g/mol. The van der Waals surface area contributed by atoms with E-state index in [1.165, 1.54) is 16.4 Å². The molecule has 0 radical (unpaired) electrons. The van der Waals surface area contributed by atoms with E-state index >= 15 is 0 Å². The smallest absolute Gasteiger partial charge is 0.217 e. The molecule has 0 saturated carbocycles. The van der Waals surface area contributed by atoms with Crippen molar-refractivity contribution in [2.45, 2.75) is 19.1 Å². The second-order valence-corrected chi connectivity index (χ2v) is 8.13. The van der Waals surface area contributed by atoms with Crippen LogP contribution >= 0.6 is 0 Å². The van der Waals surface area contributed by atoms with Crippen LogP contribution < -0.4 is 0 Å². The second-order valence-electron chi connectivity index (χ2n) is 6.12. The number of halogens is 1. The van der Waals surface area contributed by atoms with Gasteiger partial charge in [-0.3, -0.25) is 4.90 Å². The number of hydrogen-bond donors (Lipinski definition) is 0. The van der Waals surface area contributed by atoms with E-state index in [0.717, 1.165) is 16.7 Å². The maximum absolute atomic E-state index is 13.4. The van der Waals surface area contributed by atoms with Crippen molar-refractivity contribution in [2.75, 3.05) is 12.4 Å². The Balaban J connectivity index is 1.61. The van der Waals surface area contributed by atoms with Crippen molar-refractivity contribution in [3.05, 3.63) is 71.0 Å². The maximum Gasteiger partial charge on any atom is 0.217 e. The molecule has 2 aliphatic heterocycles. The first-order chi connectivity index (χ1) is 11.0. The Kier molecular flexibility index (Phi) is 3.48. The summed E-state index contributed by atoms with van der Waals surface area (Å²) >= 11 is 0. The lowest BCUT2D eigenvalue weighted by Crippen LogP contribution is -2.49. The first-order valence-corrected chi connectivity index (χ1v) is 9.18. The van der Waals surface area contributed by atoms with E-state index in [2.05, 4.69) is 4.90 Å². The molecule has 0 aliphatic carbocycles. The van der Waals surface area contributed by atoms with Crippen LogP contribution in [-0.4, -0.2) is 30.0 Å². The second kappa shape index (κ2) is 5.40. The summed E-state index contributed by atoms with van der Waals surface area (Å²) in [6, 6.07) is 14.1. The zero-order valence-corrected chi connectivity index (χ0v) is 13.3. The first-order valence-electron chi connectivity index (χ1n) is 7.57. The minimum absolute atomic E-state index is 0.0540. The highest BCUT2D eigenvalue weighted by molar-refractivity contribution is 7.89. The van der Waals surface area contributed by atoms with Gasteiger partial charge in [0.25, 0.3) is 0 Å². The minimum Gasteiger partial charge on any atom is -0.277 e. The van der Waals surface area contributed by atoms with Gasteiger partial charge < -0.3 is 0 Å². The van der Waals surface area contributed by atoms with E-state index in [-0.39, 0.29) is 17.6 Å². The van der Waals surface area contributed by atoms with Crippen molar-refractivity contribution in [3.63, 3.8) is 0 Å². The number of benzene rings is 2. The van der Waals surface area contributed by atoms with Crippen molar-refractivity contribution < 1.29 is 12.8 Å². The third-order valence-electron chi connectivity index (χ3n) is 4.58. The molecule has 0 amide bonds. The molecule has 4 nitrogen and oxygen atoms in total. The van der Waals surface area contributed by atoms with Crippen LogP contribution in [0.15, 0.2) is 48.5 Å². The maximum atomic E-state index is 13.4. The largest absolute Gasteiger partial charge is 0.277 e. The van der Waals surface area contributed by atoms with Crippen LogP contribution in [0.1, 0.15) is 22.7 Å². The van der Waals surface area contributed by atoms with E-state index in [4.69, 9.17) is 0 Å². The van der Waals surface area contributed by atoms with Crippen LogP contribution in [0.5, 0.6) is 0 Å². The molecule has 23 heavy (non-hydrogen) atoms. The van der Waals surface area contributed by atoms with Gasteiger partial charge in [0, 0.05) is 13.1 Å². The van der Waals surface area contributed by atoms with Crippen LogP contribution in [-0.2, 0) is 23.1 Å². The summed E-state index contributed by atoms with van der Waals surface area (Å²) in [5, 5.41) is 0. The summed E-state index contributed by atoms with van der Waals surface area (Å²) in [6.45, 7) is 1.31. The van der Waals surface area contributed by atoms with Gasteiger partial charge in [-0.15, -0.1) is 0 Å². The molecule has 120 valence electrons. The number of sulfonamides is 1. The first kappa shape index (κ1) is 14.8. The van der Waals surface area contributed by atoms with Crippen molar-refractivity contribution in [1.29, 1.82) is 0 Å². The summed E-state index contributed by atoms with van der Waals surface area (Å²) in [7, 11) is -3.33. The van der Waals surface area contributed by atoms with Gasteiger partial charge in [-0.05, 0) is 28.8 Å². The van der Waals surface area contributed by atoms with Gasteiger partial charge in [0.05, 0.1) is 18.5 Å². The predicted molar refractivity (Wildman–Crippen MR) is 85.3 cm³/mol. The van der Waals surface area contributed by atoms with Crippen LogP contribution in [0.3, 0.4) is 0 Å². The molecule has 0 N–H and O–H groups in total. The van der Waals surface area contributed by atoms with Crippen LogP contribution in [0.4, 0.5) is 4.39 Å². The summed E-state index contributed by atoms with van der Waals surface area (Å²) in [4.78, 5) is 2.11. The van der Waals surface area contributed by atoms with Gasteiger partial charge in [-0.2, -0.15) is 4.31 Å². The van der Waals surface area contributed by atoms with Crippen molar-refractivity contribution >= 4 is 10.0 Å². The lowest BCUT2D eigenvalue weighted by Gasteiger charge is -2.37. The van der Waals surface area contributed by atoms with Gasteiger partial charge in [0.15, 0.2) is 0 Å². The fraction of sp³-hybridized carbons (Fsp3) is 0.294. The standard InChI is InChI=1S/C17H17FN2O2S/c18-15-6-7-16-14(8-15)10-19-12-20(23(21,22)11-17(16)19)9-13-4-2-1-3-5-13/h1-8,17H,9-12H2. The average Bonchev–Trinajstić information content (AvgIpc) is 2.84. The zero-order valence-electron chi connectivity index (χ0n) is 12.5. The highest BCUT2D eigenvalue weighted by Gasteiger charge is 2.42. The Bertz CT molecular complexity index is 839. The molecule has 4 rings (SSSR count). The van der Waals surface area contributed by atoms with Gasteiger partial charge in [0.2, 0.25) is 10.0 Å². The number of nitrogens with zero attached hydrogens (tertiary/aromatic N) is 2. The summed E-state index contributed by atoms with van der Waals surface area (Å²) in [6.07, 6.45) is 0. The fourth-order valence-electron chi connectivity index (χ4n) is 3.44. The molecule has 0 aromatic heterocycles. The molecule has 2 aliphatic rings. The van der Waals surface area contributed by atoms with E-state index in [0.29, 0.717) is 19.8 Å². The summed E-state index contributed by atoms with van der Waals surface area (Å²) < 4.78 is 40.2. The van der Waals surface area contributed by atoms with Crippen LogP contribution in [0.25, 0.3) is 0 Å². The van der Waals surface area contributed by atoms with Crippen LogP contribution in [0.2, 0.25) is 0 Å². The molecule has 1 fully saturated rings. The third kappa shape index (κ3) is 2.67. The van der Waals surface area contributed by atoms with Crippen molar-refractivity contribution in [2.24, 2.45) is 0 Å². The Morgan fingerprint density at radius 3 is 2.70 bits per heavy atom. The SMILES string of the molecule is O=S1(=O)CC2c3ccc(F)cc3CN2CN1Cc1ccccc1. The highest BCUT2D eigenvalue weighted by atomic mass is 32.2. The molecule has 1 unspecified atom stereocenters. The highest BCUT2D eigenvalue weighted by Crippen LogP contribution is 2.38. The molecule has 2 aromatic carbocycles. The number of rotatable bonds is 2. The molecule has 1 saturated heterocycles. The Labute approximate surface area is 135 Å². The van der Waals surface area contributed by atoms with Crippen LogP contribution in [0, 0.1) is 5.82 Å². The van der Waals surface area contributed by atoms with E-state index < -0.39 is 10.0 Å². The molecular weight excluding hydrogens is 315 g/mol. The average molecular weight is 332 g/mol. The topological polar surface area (TPSA) is 40.6 Å². The Morgan fingerprint density at radius 1 is 1.13 bits per heavy atom. The predicted octanol–water partition coefficient (Wildman–Crippen LogP) is 2.49. The van der Waals surface area contributed by atoms with Gasteiger partial charge >= 0.3 is 0 Å². The van der Waals surface area contributed by atoms with E-state index in [1.807, 2.05) is 30.3 Å².